The molecule has 0 N–H and O–H groups in total. The van der Waals surface area contributed by atoms with Crippen molar-refractivity contribution in [3.63, 3.8) is 0 Å². The molecule has 2 aromatic heterocycles. The molecule has 0 unspecified atom stereocenters. The van der Waals surface area contributed by atoms with E-state index in [1.165, 1.54) is 24.1 Å². The van der Waals surface area contributed by atoms with Crippen LogP contribution in [0.5, 0.6) is 5.88 Å². The van der Waals surface area contributed by atoms with E-state index >= 15 is 0 Å². The van der Waals surface area contributed by atoms with E-state index in [-0.39, 0.29) is 30.5 Å². The number of hydrogen-bond donors (Lipinski definition) is 0. The summed E-state index contributed by atoms with van der Waals surface area (Å²) in [6.07, 6.45) is -2.93. The van der Waals surface area contributed by atoms with Gasteiger partial charge in [0.05, 0.1) is 0 Å². The summed E-state index contributed by atoms with van der Waals surface area (Å²) in [5.74, 6) is -0.467. The van der Waals surface area contributed by atoms with Crippen molar-refractivity contribution < 1.29 is 27.5 Å². The van der Waals surface area contributed by atoms with E-state index < -0.39 is 12.8 Å². The average molecular weight is 395 g/mol. The molecule has 28 heavy (non-hydrogen) atoms. The summed E-state index contributed by atoms with van der Waals surface area (Å²) in [6, 6.07) is 6.08. The summed E-state index contributed by atoms with van der Waals surface area (Å²) >= 11 is 0. The van der Waals surface area contributed by atoms with E-state index in [9.17, 15) is 22.8 Å². The number of ether oxygens (including phenoxy) is 1. The van der Waals surface area contributed by atoms with E-state index in [0.29, 0.717) is 22.5 Å². The number of pyridine rings is 2. The Hall–Kier alpha value is -2.97. The minimum Gasteiger partial charge on any atom is -0.468 e. The largest absolute Gasteiger partial charge is 0.468 e. The second-order valence-corrected chi connectivity index (χ2v) is 6.44. The molecule has 150 valence electrons. The molecule has 9 heteroatoms. The van der Waals surface area contributed by atoms with Crippen LogP contribution < -0.4 is 4.74 Å². The maximum Gasteiger partial charge on any atom is 0.422 e. The predicted octanol–water partition coefficient (Wildman–Crippen LogP) is 3.13. The number of Topliss-reactive ketones (excluding diaryl/α,β-unsaturated/α-hetero) is 1. The number of rotatable bonds is 7. The minimum atomic E-state index is -4.43. The van der Waals surface area contributed by atoms with Gasteiger partial charge in [-0.25, -0.2) is 4.98 Å². The molecule has 0 bridgehead atoms. The van der Waals surface area contributed by atoms with Gasteiger partial charge in [0.25, 0.3) is 5.91 Å². The molecule has 2 rings (SSSR count). The number of alkyl halides is 3. The number of ketones is 1. The van der Waals surface area contributed by atoms with Gasteiger partial charge in [-0.15, -0.1) is 0 Å². The summed E-state index contributed by atoms with van der Waals surface area (Å²) in [7, 11) is 1.59. The van der Waals surface area contributed by atoms with Crippen LogP contribution in [-0.4, -0.2) is 46.4 Å². The number of aryl methyl sites for hydroxylation is 1. The lowest BCUT2D eigenvalue weighted by molar-refractivity contribution is -0.154. The zero-order valence-corrected chi connectivity index (χ0v) is 15.7. The molecule has 0 saturated carbocycles. The monoisotopic (exact) mass is 395 g/mol. The van der Waals surface area contributed by atoms with E-state index in [0.717, 1.165) is 0 Å². The average Bonchev–Trinajstić information content (AvgIpc) is 2.58. The van der Waals surface area contributed by atoms with Crippen molar-refractivity contribution in [1.82, 2.24) is 14.9 Å². The first-order valence-electron chi connectivity index (χ1n) is 8.40. The molecule has 0 radical (unpaired) electrons. The van der Waals surface area contributed by atoms with Crippen molar-refractivity contribution in [3.05, 3.63) is 53.0 Å². The lowest BCUT2D eigenvalue weighted by Crippen LogP contribution is -2.26. The standard InChI is InChI=1S/C19H20F3N3O3/c1-12-6-15(8-16(24-12)7-13(2)26)18(27)25(3)10-14-4-5-17(23-9-14)28-11-19(20,21)22/h4-6,8-9H,7,10-11H2,1-3H3. The number of amides is 1. The highest BCUT2D eigenvalue weighted by molar-refractivity contribution is 5.94. The summed E-state index contributed by atoms with van der Waals surface area (Å²) in [6.45, 7) is 1.98. The van der Waals surface area contributed by atoms with E-state index in [1.807, 2.05) is 0 Å². The van der Waals surface area contributed by atoms with E-state index in [4.69, 9.17) is 0 Å². The predicted molar refractivity (Wildman–Crippen MR) is 94.9 cm³/mol. The summed E-state index contributed by atoms with van der Waals surface area (Å²) in [4.78, 5) is 33.5. The number of hydrogen-bond acceptors (Lipinski definition) is 5. The molecular weight excluding hydrogens is 375 g/mol. The molecule has 0 fully saturated rings. The third kappa shape index (κ3) is 6.64. The van der Waals surface area contributed by atoms with Crippen LogP contribution in [-0.2, 0) is 17.8 Å². The second kappa shape index (κ2) is 8.81. The fraction of sp³-hybridized carbons (Fsp3) is 0.368. The van der Waals surface area contributed by atoms with Gasteiger partial charge in [-0.1, -0.05) is 6.07 Å². The third-order valence-electron chi connectivity index (χ3n) is 3.63. The highest BCUT2D eigenvalue weighted by atomic mass is 19.4. The minimum absolute atomic E-state index is 0.0521. The van der Waals surface area contributed by atoms with Crippen molar-refractivity contribution in [2.45, 2.75) is 33.0 Å². The number of carbonyl (C=O) groups is 2. The smallest absolute Gasteiger partial charge is 0.422 e. The molecule has 0 aliphatic heterocycles. The van der Waals surface area contributed by atoms with Gasteiger partial charge < -0.3 is 9.64 Å². The van der Waals surface area contributed by atoms with Crippen molar-refractivity contribution in [2.75, 3.05) is 13.7 Å². The molecule has 0 saturated heterocycles. The molecule has 0 aliphatic carbocycles. The summed E-state index contributed by atoms with van der Waals surface area (Å²) in [5, 5.41) is 0. The Labute approximate surface area is 160 Å². The lowest BCUT2D eigenvalue weighted by Gasteiger charge is -2.18. The van der Waals surface area contributed by atoms with Crippen LogP contribution in [0.1, 0.15) is 34.2 Å². The highest BCUT2D eigenvalue weighted by Gasteiger charge is 2.28. The normalized spacial score (nSPS) is 11.2. The molecule has 2 heterocycles. The van der Waals surface area contributed by atoms with E-state index in [2.05, 4.69) is 14.7 Å². The van der Waals surface area contributed by atoms with Gasteiger partial charge in [0, 0.05) is 49.2 Å². The number of carbonyl (C=O) groups excluding carboxylic acids is 2. The number of halogens is 3. The molecule has 0 aliphatic rings. The second-order valence-electron chi connectivity index (χ2n) is 6.44. The first-order chi connectivity index (χ1) is 13.0. The van der Waals surface area contributed by atoms with Crippen molar-refractivity contribution in [3.8, 4) is 5.88 Å². The molecular formula is C19H20F3N3O3. The van der Waals surface area contributed by atoms with Crippen LogP contribution in [0.4, 0.5) is 13.2 Å². The molecule has 2 aromatic rings. The van der Waals surface area contributed by atoms with Gasteiger partial charge in [0.1, 0.15) is 5.78 Å². The third-order valence-corrected chi connectivity index (χ3v) is 3.63. The topological polar surface area (TPSA) is 72.4 Å². The Morgan fingerprint density at radius 2 is 1.93 bits per heavy atom. The van der Waals surface area contributed by atoms with Gasteiger partial charge in [-0.2, -0.15) is 13.2 Å². The van der Waals surface area contributed by atoms with Crippen LogP contribution in [0.15, 0.2) is 30.5 Å². The molecule has 0 atom stereocenters. The van der Waals surface area contributed by atoms with Gasteiger partial charge >= 0.3 is 6.18 Å². The van der Waals surface area contributed by atoms with Gasteiger partial charge in [0.15, 0.2) is 6.61 Å². The molecule has 0 spiro atoms. The Morgan fingerprint density at radius 3 is 2.50 bits per heavy atom. The van der Waals surface area contributed by atoms with E-state index in [1.54, 1.807) is 32.2 Å². The van der Waals surface area contributed by atoms with Crippen molar-refractivity contribution in [1.29, 1.82) is 0 Å². The number of aromatic nitrogens is 2. The van der Waals surface area contributed by atoms with Crippen LogP contribution >= 0.6 is 0 Å². The van der Waals surface area contributed by atoms with Crippen molar-refractivity contribution >= 4 is 11.7 Å². The van der Waals surface area contributed by atoms with Crippen LogP contribution in [0.25, 0.3) is 0 Å². The molecule has 1 amide bonds. The first kappa shape index (κ1) is 21.3. The fourth-order valence-corrected chi connectivity index (χ4v) is 2.52. The Morgan fingerprint density at radius 1 is 1.21 bits per heavy atom. The first-order valence-corrected chi connectivity index (χ1v) is 8.40. The highest BCUT2D eigenvalue weighted by Crippen LogP contribution is 2.18. The quantitative estimate of drug-likeness (QED) is 0.720. The van der Waals surface area contributed by atoms with Gasteiger partial charge in [0.2, 0.25) is 5.88 Å². The lowest BCUT2D eigenvalue weighted by atomic mass is 10.1. The van der Waals surface area contributed by atoms with Crippen LogP contribution in [0.3, 0.4) is 0 Å². The number of nitrogens with zero attached hydrogens (tertiary/aromatic N) is 3. The zero-order valence-electron chi connectivity index (χ0n) is 15.7. The fourth-order valence-electron chi connectivity index (χ4n) is 2.52. The van der Waals surface area contributed by atoms with Crippen LogP contribution in [0.2, 0.25) is 0 Å². The maximum absolute atomic E-state index is 12.7. The summed E-state index contributed by atoms with van der Waals surface area (Å²) in [5.41, 5.74) is 2.19. The summed E-state index contributed by atoms with van der Waals surface area (Å²) < 4.78 is 41.0. The Balaban J connectivity index is 2.04. The molecule has 0 aromatic carbocycles. The van der Waals surface area contributed by atoms with Gasteiger partial charge in [-0.3, -0.25) is 14.6 Å². The Kier molecular flexibility index (Phi) is 6.71. The zero-order chi connectivity index (χ0) is 20.9. The maximum atomic E-state index is 12.7. The Bertz CT molecular complexity index is 852. The van der Waals surface area contributed by atoms with Crippen LogP contribution in [0, 0.1) is 6.92 Å². The van der Waals surface area contributed by atoms with Gasteiger partial charge in [-0.05, 0) is 31.5 Å². The SMILES string of the molecule is CC(=O)Cc1cc(C(=O)N(C)Cc2ccc(OCC(F)(F)F)nc2)cc(C)n1. The molecule has 6 nitrogen and oxygen atoms in total. The van der Waals surface area contributed by atoms with Crippen molar-refractivity contribution in [2.24, 2.45) is 0 Å².